The zero-order chi connectivity index (χ0) is 18.9. The summed E-state index contributed by atoms with van der Waals surface area (Å²) in [5, 5.41) is 0. The minimum absolute atomic E-state index is 0.0235. The molecule has 3 rings (SSSR count). The van der Waals surface area contributed by atoms with Crippen molar-refractivity contribution in [2.75, 3.05) is 18.4 Å². The number of fused-ring (bicyclic) bond motifs is 1. The minimum atomic E-state index is -3.70. The Morgan fingerprint density at radius 1 is 1.15 bits per heavy atom. The van der Waals surface area contributed by atoms with Crippen LogP contribution in [0.3, 0.4) is 0 Å². The van der Waals surface area contributed by atoms with Crippen molar-refractivity contribution >= 4 is 21.6 Å². The van der Waals surface area contributed by atoms with Gasteiger partial charge in [-0.2, -0.15) is 0 Å². The normalized spacial score (nSPS) is 13.9. The molecule has 1 aliphatic rings. The third-order valence-corrected chi connectivity index (χ3v) is 5.97. The largest absolute Gasteiger partial charge is 0.496 e. The lowest BCUT2D eigenvalue weighted by molar-refractivity contribution is -0.129. The van der Waals surface area contributed by atoms with Crippen molar-refractivity contribution in [3.05, 3.63) is 53.1 Å². The summed E-state index contributed by atoms with van der Waals surface area (Å²) in [4.78, 5) is 13.5. The summed E-state index contributed by atoms with van der Waals surface area (Å²) in [7, 11) is -2.16. The first-order valence-electron chi connectivity index (χ1n) is 8.35. The lowest BCUT2D eigenvalue weighted by Crippen LogP contribution is -2.34. The van der Waals surface area contributed by atoms with Gasteiger partial charge in [-0.25, -0.2) is 8.42 Å². The topological polar surface area (TPSA) is 75.7 Å². The molecule has 6 nitrogen and oxygen atoms in total. The van der Waals surface area contributed by atoms with E-state index >= 15 is 0 Å². The van der Waals surface area contributed by atoms with Gasteiger partial charge >= 0.3 is 0 Å². The maximum atomic E-state index is 12.7. The number of rotatable bonds is 4. The lowest BCUT2D eigenvalue weighted by Gasteiger charge is -2.28. The number of aryl methyl sites for hydroxylation is 1. The molecule has 2 aromatic carbocycles. The van der Waals surface area contributed by atoms with E-state index in [-0.39, 0.29) is 10.8 Å². The number of anilines is 1. The van der Waals surface area contributed by atoms with E-state index in [1.165, 1.54) is 6.07 Å². The van der Waals surface area contributed by atoms with Crippen molar-refractivity contribution in [3.8, 4) is 5.75 Å². The van der Waals surface area contributed by atoms with Gasteiger partial charge in [0.25, 0.3) is 10.0 Å². The molecule has 0 fully saturated rings. The van der Waals surface area contributed by atoms with Gasteiger partial charge in [0.15, 0.2) is 0 Å². The number of hydrogen-bond donors (Lipinski definition) is 1. The Labute approximate surface area is 153 Å². The Morgan fingerprint density at radius 2 is 1.92 bits per heavy atom. The molecule has 0 spiro atoms. The number of carbonyl (C=O) groups excluding carboxylic acids is 1. The molecule has 1 N–H and O–H groups in total. The van der Waals surface area contributed by atoms with Gasteiger partial charge in [0.1, 0.15) is 5.75 Å². The predicted octanol–water partition coefficient (Wildman–Crippen LogP) is 2.71. The highest BCUT2D eigenvalue weighted by molar-refractivity contribution is 7.92. The molecule has 0 radical (unpaired) electrons. The van der Waals surface area contributed by atoms with Gasteiger partial charge < -0.3 is 9.64 Å². The average Bonchev–Trinajstić information content (AvgIpc) is 2.60. The fourth-order valence-corrected chi connectivity index (χ4v) is 4.26. The lowest BCUT2D eigenvalue weighted by atomic mass is 9.99. The monoisotopic (exact) mass is 374 g/mol. The van der Waals surface area contributed by atoms with Crippen molar-refractivity contribution in [2.24, 2.45) is 0 Å². The third-order valence-electron chi connectivity index (χ3n) is 4.59. The van der Waals surface area contributed by atoms with Crippen molar-refractivity contribution in [1.29, 1.82) is 0 Å². The van der Waals surface area contributed by atoms with Gasteiger partial charge in [-0.3, -0.25) is 9.52 Å². The van der Waals surface area contributed by atoms with Crippen LogP contribution in [0.15, 0.2) is 41.3 Å². The van der Waals surface area contributed by atoms with Crippen molar-refractivity contribution in [1.82, 2.24) is 4.90 Å². The Hall–Kier alpha value is -2.54. The second kappa shape index (κ2) is 6.99. The van der Waals surface area contributed by atoms with Crippen LogP contribution in [0, 0.1) is 6.92 Å². The SMILES string of the molecule is COc1ccc(S(=O)(=O)Nc2ccc3c(c2)CN(C(C)=O)CC3)cc1C. The molecular formula is C19H22N2O4S. The summed E-state index contributed by atoms with van der Waals surface area (Å²) < 4.78 is 33.2. The molecule has 1 heterocycles. The number of ether oxygens (including phenoxy) is 1. The minimum Gasteiger partial charge on any atom is -0.496 e. The number of carbonyl (C=O) groups is 1. The Morgan fingerprint density at radius 3 is 2.58 bits per heavy atom. The van der Waals surface area contributed by atoms with Crippen LogP contribution in [0.5, 0.6) is 5.75 Å². The molecule has 1 aliphatic heterocycles. The van der Waals surface area contributed by atoms with Crippen LogP contribution in [-0.2, 0) is 27.8 Å². The van der Waals surface area contributed by atoms with Crippen molar-refractivity contribution < 1.29 is 17.9 Å². The summed E-state index contributed by atoms with van der Waals surface area (Å²) in [6.45, 7) is 4.54. The summed E-state index contributed by atoms with van der Waals surface area (Å²) in [5.74, 6) is 0.664. The van der Waals surface area contributed by atoms with Gasteiger partial charge in [-0.15, -0.1) is 0 Å². The molecule has 7 heteroatoms. The number of sulfonamides is 1. The molecule has 26 heavy (non-hydrogen) atoms. The van der Waals surface area contributed by atoms with Crippen molar-refractivity contribution in [2.45, 2.75) is 31.7 Å². The van der Waals surface area contributed by atoms with Gasteiger partial charge in [-0.1, -0.05) is 6.07 Å². The quantitative estimate of drug-likeness (QED) is 0.893. The number of nitrogens with zero attached hydrogens (tertiary/aromatic N) is 1. The highest BCUT2D eigenvalue weighted by Gasteiger charge is 2.20. The fraction of sp³-hybridized carbons (Fsp3) is 0.316. The number of nitrogens with one attached hydrogen (secondary N) is 1. The van der Waals surface area contributed by atoms with Crippen LogP contribution in [0.4, 0.5) is 5.69 Å². The second-order valence-corrected chi connectivity index (χ2v) is 8.09. The van der Waals surface area contributed by atoms with E-state index < -0.39 is 10.0 Å². The fourth-order valence-electron chi connectivity index (χ4n) is 3.12. The van der Waals surface area contributed by atoms with Crippen LogP contribution >= 0.6 is 0 Å². The van der Waals surface area contributed by atoms with E-state index in [1.807, 2.05) is 6.07 Å². The number of methoxy groups -OCH3 is 1. The zero-order valence-electron chi connectivity index (χ0n) is 15.1. The first kappa shape index (κ1) is 18.3. The first-order valence-corrected chi connectivity index (χ1v) is 9.83. The maximum absolute atomic E-state index is 12.7. The molecule has 0 saturated carbocycles. The third kappa shape index (κ3) is 3.67. The summed E-state index contributed by atoms with van der Waals surface area (Å²) in [5.41, 5.74) is 3.35. The van der Waals surface area contributed by atoms with E-state index in [0.29, 0.717) is 24.5 Å². The van der Waals surface area contributed by atoms with Crippen molar-refractivity contribution in [3.63, 3.8) is 0 Å². The second-order valence-electron chi connectivity index (χ2n) is 6.41. The molecule has 1 amide bonds. The number of amides is 1. The van der Waals surface area contributed by atoms with Crippen LogP contribution in [0.2, 0.25) is 0 Å². The van der Waals surface area contributed by atoms with E-state index in [0.717, 1.165) is 23.1 Å². The first-order chi connectivity index (χ1) is 12.3. The number of hydrogen-bond acceptors (Lipinski definition) is 4. The van der Waals surface area contributed by atoms with Crippen LogP contribution in [0.25, 0.3) is 0 Å². The smallest absolute Gasteiger partial charge is 0.261 e. The number of benzene rings is 2. The maximum Gasteiger partial charge on any atom is 0.261 e. The zero-order valence-corrected chi connectivity index (χ0v) is 15.9. The molecule has 0 aromatic heterocycles. The molecule has 138 valence electrons. The van der Waals surface area contributed by atoms with Gasteiger partial charge in [0.05, 0.1) is 12.0 Å². The van der Waals surface area contributed by atoms with Crippen LogP contribution in [0.1, 0.15) is 23.6 Å². The van der Waals surface area contributed by atoms with Gasteiger partial charge in [-0.05, 0) is 60.4 Å². The molecular weight excluding hydrogens is 352 g/mol. The molecule has 0 aliphatic carbocycles. The Kier molecular flexibility index (Phi) is 4.91. The molecule has 2 aromatic rings. The van der Waals surface area contributed by atoms with E-state index in [4.69, 9.17) is 4.74 Å². The molecule has 0 saturated heterocycles. The Balaban J connectivity index is 1.85. The highest BCUT2D eigenvalue weighted by atomic mass is 32.2. The summed E-state index contributed by atoms with van der Waals surface area (Å²) >= 11 is 0. The average molecular weight is 374 g/mol. The van der Waals surface area contributed by atoms with E-state index in [2.05, 4.69) is 4.72 Å². The summed E-state index contributed by atoms with van der Waals surface area (Å²) in [6, 6.07) is 10.2. The molecule has 0 atom stereocenters. The Bertz CT molecular complexity index is 954. The summed E-state index contributed by atoms with van der Waals surface area (Å²) in [6.07, 6.45) is 0.777. The predicted molar refractivity (Wildman–Crippen MR) is 99.8 cm³/mol. The van der Waals surface area contributed by atoms with E-state index in [1.54, 1.807) is 50.1 Å². The van der Waals surface area contributed by atoms with Gasteiger partial charge in [0, 0.05) is 25.7 Å². The van der Waals surface area contributed by atoms with Gasteiger partial charge in [0.2, 0.25) is 5.91 Å². The molecule has 0 bridgehead atoms. The molecule has 0 unspecified atom stereocenters. The van der Waals surface area contributed by atoms with Crippen LogP contribution < -0.4 is 9.46 Å². The van der Waals surface area contributed by atoms with E-state index in [9.17, 15) is 13.2 Å². The standard InChI is InChI=1S/C19H22N2O4S/c1-13-10-18(6-7-19(13)25-3)26(23,24)20-17-5-4-15-8-9-21(14(2)22)12-16(15)11-17/h4-7,10-11,20H,8-9,12H2,1-3H3. The van der Waals surface area contributed by atoms with Crippen LogP contribution in [-0.4, -0.2) is 32.9 Å². The highest BCUT2D eigenvalue weighted by Crippen LogP contribution is 2.26.